The fourth-order valence-electron chi connectivity index (χ4n) is 4.08. The third-order valence-electron chi connectivity index (χ3n) is 5.78. The summed E-state index contributed by atoms with van der Waals surface area (Å²) in [6.45, 7) is 5.59. The van der Waals surface area contributed by atoms with Gasteiger partial charge in [-0.2, -0.15) is 13.2 Å². The number of carbonyl (C=O) groups is 1. The summed E-state index contributed by atoms with van der Waals surface area (Å²) in [5.41, 5.74) is 2.49. The Hall–Kier alpha value is -2.15. The van der Waals surface area contributed by atoms with Crippen LogP contribution in [0, 0.1) is 11.8 Å². The number of halogens is 3. The zero-order valence-electron chi connectivity index (χ0n) is 17.4. The van der Waals surface area contributed by atoms with Gasteiger partial charge in [0.25, 0.3) is 0 Å². The van der Waals surface area contributed by atoms with Gasteiger partial charge in [0.1, 0.15) is 0 Å². The van der Waals surface area contributed by atoms with Crippen LogP contribution in [-0.2, 0) is 26.1 Å². The minimum atomic E-state index is -5.08. The third-order valence-corrected chi connectivity index (χ3v) is 7.15. The molecule has 12 heteroatoms. The third kappa shape index (κ3) is 6.00. The number of ether oxygens (including phenoxy) is 1. The molecule has 0 bridgehead atoms. The van der Waals surface area contributed by atoms with Crippen LogP contribution in [0.5, 0.6) is 0 Å². The second kappa shape index (κ2) is 9.77. The highest BCUT2D eigenvalue weighted by molar-refractivity contribution is 7.89. The summed E-state index contributed by atoms with van der Waals surface area (Å²) in [6.07, 6.45) is -2.88. The van der Waals surface area contributed by atoms with Crippen molar-refractivity contribution in [2.45, 2.75) is 25.7 Å². The van der Waals surface area contributed by atoms with Crippen LogP contribution in [0.4, 0.5) is 13.2 Å². The molecule has 2 aliphatic heterocycles. The van der Waals surface area contributed by atoms with Crippen molar-refractivity contribution in [3.63, 3.8) is 0 Å². The van der Waals surface area contributed by atoms with Crippen molar-refractivity contribution in [1.29, 1.82) is 0 Å². The van der Waals surface area contributed by atoms with Gasteiger partial charge in [-0.25, -0.2) is 17.9 Å². The molecule has 4 rings (SSSR count). The van der Waals surface area contributed by atoms with E-state index in [9.17, 15) is 21.6 Å². The number of benzene rings is 1. The van der Waals surface area contributed by atoms with Crippen LogP contribution in [-0.4, -0.2) is 73.7 Å². The van der Waals surface area contributed by atoms with E-state index < -0.39 is 22.2 Å². The van der Waals surface area contributed by atoms with Crippen LogP contribution >= 0.6 is 0 Å². The highest BCUT2D eigenvalue weighted by atomic mass is 32.2. The molecule has 2 fully saturated rings. The van der Waals surface area contributed by atoms with Gasteiger partial charge >= 0.3 is 12.1 Å². The van der Waals surface area contributed by atoms with Crippen molar-refractivity contribution < 1.29 is 36.2 Å². The highest BCUT2D eigenvalue weighted by Crippen LogP contribution is 2.34. The number of carboxylic acids is 1. The summed E-state index contributed by atoms with van der Waals surface area (Å²) in [5.74, 6) is -1.96. The molecule has 0 saturated carbocycles. The van der Waals surface area contributed by atoms with Crippen LogP contribution in [0.1, 0.15) is 12.5 Å². The topological polar surface area (TPSA) is 112 Å². The highest BCUT2D eigenvalue weighted by Gasteiger charge is 2.43. The average Bonchev–Trinajstić information content (AvgIpc) is 3.42. The standard InChI is InChI=1S/C18H25N3O3S.C2HF3O2/c1-2-25(22,23)20-8-14-12-24-18-11-21(10-16(14)18)9-13-4-3-5-17-15(13)6-7-19-17;3-2(4,5)1(6)7/h3-7,14,16,18-20H,2,8-12H2,1H3;(H,6,7)/t14-,16+,18+;/m0./s1. The summed E-state index contributed by atoms with van der Waals surface area (Å²) < 4.78 is 63.8. The van der Waals surface area contributed by atoms with Crippen LogP contribution < -0.4 is 4.72 Å². The van der Waals surface area contributed by atoms with Gasteiger partial charge in [0.2, 0.25) is 10.0 Å². The van der Waals surface area contributed by atoms with Gasteiger partial charge in [-0.05, 0) is 24.6 Å². The summed E-state index contributed by atoms with van der Waals surface area (Å²) in [4.78, 5) is 14.6. The zero-order chi connectivity index (χ0) is 23.5. The van der Waals surface area contributed by atoms with Crippen molar-refractivity contribution in [3.05, 3.63) is 36.0 Å². The van der Waals surface area contributed by atoms with Crippen molar-refractivity contribution in [2.24, 2.45) is 11.8 Å². The van der Waals surface area contributed by atoms with Crippen molar-refractivity contribution in [2.75, 3.05) is 32.0 Å². The summed E-state index contributed by atoms with van der Waals surface area (Å²) in [7, 11) is -3.14. The minimum absolute atomic E-state index is 0.126. The predicted molar refractivity (Wildman–Crippen MR) is 111 cm³/mol. The lowest BCUT2D eigenvalue weighted by Crippen LogP contribution is -2.34. The Balaban J connectivity index is 0.000000360. The first-order chi connectivity index (χ1) is 15.0. The number of rotatable bonds is 6. The number of carboxylic acid groups (broad SMARTS) is 1. The molecule has 0 radical (unpaired) electrons. The maximum atomic E-state index is 11.7. The van der Waals surface area contributed by atoms with Crippen LogP contribution in [0.15, 0.2) is 30.5 Å². The van der Waals surface area contributed by atoms with E-state index in [4.69, 9.17) is 14.6 Å². The number of alkyl halides is 3. The fourth-order valence-corrected chi connectivity index (χ4v) is 4.76. The Morgan fingerprint density at radius 3 is 2.69 bits per heavy atom. The smallest absolute Gasteiger partial charge is 0.475 e. The molecule has 0 aliphatic carbocycles. The molecule has 8 nitrogen and oxygen atoms in total. The molecular weight excluding hydrogens is 451 g/mol. The predicted octanol–water partition coefficient (Wildman–Crippen LogP) is 2.19. The Labute approximate surface area is 183 Å². The van der Waals surface area contributed by atoms with Crippen molar-refractivity contribution >= 4 is 26.9 Å². The Bertz CT molecular complexity index is 1040. The van der Waals surface area contributed by atoms with Gasteiger partial charge in [0, 0.05) is 55.1 Å². The Morgan fingerprint density at radius 1 is 1.31 bits per heavy atom. The van der Waals surface area contributed by atoms with Crippen molar-refractivity contribution in [1.82, 2.24) is 14.6 Å². The molecule has 0 spiro atoms. The molecule has 178 valence electrons. The number of aromatic nitrogens is 1. The zero-order valence-corrected chi connectivity index (χ0v) is 18.2. The molecule has 3 atom stereocenters. The summed E-state index contributed by atoms with van der Waals surface area (Å²) in [5, 5.41) is 8.40. The number of hydrogen-bond donors (Lipinski definition) is 3. The van der Waals surface area contributed by atoms with Crippen molar-refractivity contribution in [3.8, 4) is 0 Å². The van der Waals surface area contributed by atoms with E-state index >= 15 is 0 Å². The molecule has 32 heavy (non-hydrogen) atoms. The van der Waals surface area contributed by atoms with E-state index in [1.165, 1.54) is 16.5 Å². The number of aliphatic carboxylic acids is 1. The number of nitrogens with one attached hydrogen (secondary N) is 2. The number of H-pyrrole nitrogens is 1. The lowest BCUT2D eigenvalue weighted by molar-refractivity contribution is -0.192. The van der Waals surface area contributed by atoms with Crippen LogP contribution in [0.2, 0.25) is 0 Å². The molecule has 2 aromatic rings. The van der Waals surface area contributed by atoms with E-state index in [0.717, 1.165) is 19.6 Å². The largest absolute Gasteiger partial charge is 0.490 e. The minimum Gasteiger partial charge on any atom is -0.475 e. The molecule has 2 aliphatic rings. The normalized spacial score (nSPS) is 23.7. The van der Waals surface area contributed by atoms with Gasteiger partial charge in [-0.1, -0.05) is 12.1 Å². The second-order valence-corrected chi connectivity index (χ2v) is 10.00. The van der Waals surface area contributed by atoms with E-state index in [1.807, 2.05) is 6.20 Å². The van der Waals surface area contributed by atoms with E-state index in [-0.39, 0.29) is 17.8 Å². The maximum Gasteiger partial charge on any atom is 0.490 e. The monoisotopic (exact) mass is 477 g/mol. The summed E-state index contributed by atoms with van der Waals surface area (Å²) in [6, 6.07) is 8.48. The summed E-state index contributed by atoms with van der Waals surface area (Å²) >= 11 is 0. The van der Waals surface area contributed by atoms with Gasteiger partial charge < -0.3 is 14.8 Å². The molecule has 1 aromatic carbocycles. The average molecular weight is 478 g/mol. The number of nitrogens with zero attached hydrogens (tertiary/aromatic N) is 1. The van der Waals surface area contributed by atoms with Gasteiger partial charge in [-0.3, -0.25) is 4.90 Å². The van der Waals surface area contributed by atoms with Crippen LogP contribution in [0.3, 0.4) is 0 Å². The Morgan fingerprint density at radius 2 is 2.03 bits per heavy atom. The number of hydrogen-bond acceptors (Lipinski definition) is 5. The van der Waals surface area contributed by atoms with E-state index in [0.29, 0.717) is 19.1 Å². The first-order valence-corrected chi connectivity index (χ1v) is 11.8. The molecule has 0 unspecified atom stereocenters. The van der Waals surface area contributed by atoms with Crippen LogP contribution in [0.25, 0.3) is 10.9 Å². The van der Waals surface area contributed by atoms with E-state index in [2.05, 4.69) is 38.9 Å². The molecular formula is C20H26F3N3O5S. The first-order valence-electron chi connectivity index (χ1n) is 10.2. The SMILES string of the molecule is CCS(=O)(=O)NC[C@H]1CO[C@@H]2CN(Cc3cccc4[nH]ccc34)C[C@H]12.O=C(O)C(F)(F)F. The fraction of sp³-hybridized carbons (Fsp3) is 0.550. The second-order valence-electron chi connectivity index (χ2n) is 7.90. The number of sulfonamides is 1. The molecule has 2 saturated heterocycles. The number of likely N-dealkylation sites (tertiary alicyclic amines) is 1. The number of fused-ring (bicyclic) bond motifs is 2. The Kier molecular flexibility index (Phi) is 7.48. The molecule has 3 N–H and O–H groups in total. The first kappa shape index (κ1) is 24.5. The lowest BCUT2D eigenvalue weighted by Gasteiger charge is -2.20. The van der Waals surface area contributed by atoms with Gasteiger partial charge in [0.05, 0.1) is 18.5 Å². The van der Waals surface area contributed by atoms with Gasteiger partial charge in [0.15, 0.2) is 0 Å². The molecule has 1 aromatic heterocycles. The maximum absolute atomic E-state index is 11.7. The van der Waals surface area contributed by atoms with Gasteiger partial charge in [-0.15, -0.1) is 0 Å². The molecule has 0 amide bonds. The molecule has 3 heterocycles. The van der Waals surface area contributed by atoms with E-state index in [1.54, 1.807) is 6.92 Å². The number of aromatic amines is 1. The lowest BCUT2D eigenvalue weighted by atomic mass is 9.93. The quantitative estimate of drug-likeness (QED) is 0.588.